The highest BCUT2D eigenvalue weighted by atomic mass is 32.2. The van der Waals surface area contributed by atoms with E-state index in [0.717, 1.165) is 36.3 Å². The Morgan fingerprint density at radius 3 is 2.67 bits per heavy atom. The number of hydrogen-bond acceptors (Lipinski definition) is 6. The lowest BCUT2D eigenvalue weighted by atomic mass is 9.91. The molecule has 2 amide bonds. The fourth-order valence-corrected chi connectivity index (χ4v) is 5.20. The van der Waals surface area contributed by atoms with Crippen molar-refractivity contribution in [1.82, 2.24) is 9.88 Å². The van der Waals surface area contributed by atoms with E-state index in [1.165, 1.54) is 28.7 Å². The van der Waals surface area contributed by atoms with Gasteiger partial charge in [-0.1, -0.05) is 41.7 Å². The molecule has 0 unspecified atom stereocenters. The fourth-order valence-electron chi connectivity index (χ4n) is 3.62. The summed E-state index contributed by atoms with van der Waals surface area (Å²) in [6.07, 6.45) is 6.39. The molecule has 30 heavy (non-hydrogen) atoms. The van der Waals surface area contributed by atoms with Crippen molar-refractivity contribution in [3.63, 3.8) is 0 Å². The monoisotopic (exact) mass is 449 g/mol. The van der Waals surface area contributed by atoms with Gasteiger partial charge >= 0.3 is 12.0 Å². The molecule has 3 rings (SSSR count). The van der Waals surface area contributed by atoms with Crippen LogP contribution in [0.15, 0.2) is 40.7 Å². The number of carbonyl (C=O) groups is 2. The molecule has 0 atom stereocenters. The Bertz CT molecular complexity index is 823. The summed E-state index contributed by atoms with van der Waals surface area (Å²) >= 11 is 2.50. The topological polar surface area (TPSA) is 91.8 Å². The second kappa shape index (κ2) is 11.3. The van der Waals surface area contributed by atoms with Crippen LogP contribution in [-0.4, -0.2) is 58.5 Å². The van der Waals surface area contributed by atoms with Crippen molar-refractivity contribution in [2.75, 3.05) is 24.7 Å². The van der Waals surface area contributed by atoms with Crippen molar-refractivity contribution in [3.8, 4) is 0 Å². The van der Waals surface area contributed by atoms with Gasteiger partial charge in [0.15, 0.2) is 5.13 Å². The highest BCUT2D eigenvalue weighted by Gasteiger charge is 2.29. The van der Waals surface area contributed by atoms with Crippen LogP contribution in [0.5, 0.6) is 0 Å². The third kappa shape index (κ3) is 6.72. The summed E-state index contributed by atoms with van der Waals surface area (Å²) in [5, 5.41) is 12.2. The van der Waals surface area contributed by atoms with Crippen LogP contribution < -0.4 is 5.32 Å². The Kier molecular flexibility index (Phi) is 8.53. The molecule has 1 aromatic carbocycles. The largest absolute Gasteiger partial charge is 0.481 e. The smallest absolute Gasteiger partial charge is 0.323 e. The molecule has 2 aromatic rings. The Hall–Kier alpha value is -2.10. The van der Waals surface area contributed by atoms with E-state index in [9.17, 15) is 9.59 Å². The van der Waals surface area contributed by atoms with Gasteiger partial charge < -0.3 is 14.7 Å². The maximum atomic E-state index is 13.1. The van der Waals surface area contributed by atoms with Crippen molar-refractivity contribution in [1.29, 1.82) is 0 Å². The molecular weight excluding hydrogens is 422 g/mol. The fraction of sp³-hybridized carbons (Fsp3) is 0.476. The molecule has 1 aromatic heterocycles. The average Bonchev–Trinajstić information content (AvgIpc) is 3.21. The van der Waals surface area contributed by atoms with Crippen LogP contribution in [0.25, 0.3) is 0 Å². The van der Waals surface area contributed by atoms with Gasteiger partial charge in [0.2, 0.25) is 0 Å². The number of aliphatic carboxylic acids is 1. The number of ether oxygens (including phenoxy) is 1. The van der Waals surface area contributed by atoms with Crippen LogP contribution in [0, 0.1) is 0 Å². The predicted octanol–water partition coefficient (Wildman–Crippen LogP) is 4.35. The number of rotatable bonds is 9. The Balaban J connectivity index is 1.64. The standard InChI is InChI=1S/C21H27N3O4S2/c1-28-17-9-7-16(8-10-17)24(12-11-15-5-3-2-4-6-15)21(27)23-20-22-13-19(30-20)29-14-18(25)26/h2-6,13,16-17H,7-12,14H2,1H3,(H,25,26)(H,22,23,27). The maximum Gasteiger partial charge on any atom is 0.323 e. The van der Waals surface area contributed by atoms with Crippen molar-refractivity contribution in [3.05, 3.63) is 42.1 Å². The van der Waals surface area contributed by atoms with Gasteiger partial charge in [-0.05, 0) is 37.7 Å². The van der Waals surface area contributed by atoms with Gasteiger partial charge in [0, 0.05) is 19.7 Å². The van der Waals surface area contributed by atoms with E-state index < -0.39 is 5.97 Å². The first kappa shape index (κ1) is 22.6. The number of amides is 2. The van der Waals surface area contributed by atoms with Crippen LogP contribution in [0.4, 0.5) is 9.93 Å². The highest BCUT2D eigenvalue weighted by Crippen LogP contribution is 2.29. The highest BCUT2D eigenvalue weighted by molar-refractivity contribution is 8.01. The molecule has 1 aliphatic rings. The summed E-state index contributed by atoms with van der Waals surface area (Å²) in [5.41, 5.74) is 1.20. The first-order valence-corrected chi connectivity index (χ1v) is 11.8. The number of carboxylic acid groups (broad SMARTS) is 1. The van der Waals surface area contributed by atoms with Crippen LogP contribution in [0.3, 0.4) is 0 Å². The molecule has 0 aliphatic heterocycles. The number of thiazole rings is 1. The van der Waals surface area contributed by atoms with Crippen LogP contribution in [0.1, 0.15) is 31.2 Å². The zero-order chi connectivity index (χ0) is 21.3. The first-order valence-electron chi connectivity index (χ1n) is 10.00. The summed E-state index contributed by atoms with van der Waals surface area (Å²) in [6, 6.07) is 10.2. The molecule has 2 N–H and O–H groups in total. The molecule has 1 heterocycles. The Morgan fingerprint density at radius 2 is 2.00 bits per heavy atom. The molecule has 1 fully saturated rings. The minimum Gasteiger partial charge on any atom is -0.481 e. The summed E-state index contributed by atoms with van der Waals surface area (Å²) in [7, 11) is 1.74. The maximum absolute atomic E-state index is 13.1. The number of carbonyl (C=O) groups excluding carboxylic acids is 1. The number of benzene rings is 1. The normalized spacial score (nSPS) is 18.7. The minimum absolute atomic E-state index is 0.0263. The van der Waals surface area contributed by atoms with Gasteiger partial charge in [0.1, 0.15) is 0 Å². The second-order valence-corrected chi connectivity index (χ2v) is 9.50. The van der Waals surface area contributed by atoms with E-state index in [-0.39, 0.29) is 23.9 Å². The van der Waals surface area contributed by atoms with E-state index in [2.05, 4.69) is 22.4 Å². The lowest BCUT2D eigenvalue weighted by Gasteiger charge is -2.36. The van der Waals surface area contributed by atoms with Crippen molar-refractivity contribution in [2.24, 2.45) is 0 Å². The second-order valence-electron chi connectivity index (χ2n) is 7.19. The molecular formula is C21H27N3O4S2. The zero-order valence-corrected chi connectivity index (χ0v) is 18.6. The number of nitrogens with zero attached hydrogens (tertiary/aromatic N) is 2. The lowest BCUT2D eigenvalue weighted by Crippen LogP contribution is -2.46. The molecule has 162 valence electrons. The lowest BCUT2D eigenvalue weighted by molar-refractivity contribution is -0.133. The number of nitrogens with one attached hydrogen (secondary N) is 1. The zero-order valence-electron chi connectivity index (χ0n) is 17.0. The minimum atomic E-state index is -0.877. The van der Waals surface area contributed by atoms with Crippen LogP contribution in [-0.2, 0) is 16.0 Å². The summed E-state index contributed by atoms with van der Waals surface area (Å²) in [5.74, 6) is -0.903. The SMILES string of the molecule is COC1CCC(N(CCc2ccccc2)C(=O)Nc2ncc(SCC(=O)O)s2)CC1. The molecule has 9 heteroatoms. The Labute approximate surface area is 184 Å². The van der Waals surface area contributed by atoms with Crippen LogP contribution in [0.2, 0.25) is 0 Å². The number of hydrogen-bond donors (Lipinski definition) is 2. The van der Waals surface area contributed by atoms with E-state index in [0.29, 0.717) is 11.7 Å². The van der Waals surface area contributed by atoms with Gasteiger partial charge in [-0.3, -0.25) is 10.1 Å². The van der Waals surface area contributed by atoms with Gasteiger partial charge in [-0.25, -0.2) is 9.78 Å². The number of urea groups is 1. The summed E-state index contributed by atoms with van der Waals surface area (Å²) < 4.78 is 6.24. The molecule has 0 saturated heterocycles. The van der Waals surface area contributed by atoms with E-state index in [1.54, 1.807) is 13.3 Å². The van der Waals surface area contributed by atoms with Crippen molar-refractivity contribution in [2.45, 2.75) is 48.5 Å². The number of methoxy groups -OCH3 is 1. The predicted molar refractivity (Wildman–Crippen MR) is 119 cm³/mol. The van der Waals surface area contributed by atoms with Gasteiger partial charge in [-0.2, -0.15) is 0 Å². The summed E-state index contributed by atoms with van der Waals surface area (Å²) in [4.78, 5) is 30.0. The Morgan fingerprint density at radius 1 is 1.27 bits per heavy atom. The van der Waals surface area contributed by atoms with Crippen molar-refractivity contribution < 1.29 is 19.4 Å². The summed E-state index contributed by atoms with van der Waals surface area (Å²) in [6.45, 7) is 0.629. The molecule has 7 nitrogen and oxygen atoms in total. The van der Waals surface area contributed by atoms with Gasteiger partial charge in [-0.15, -0.1) is 11.8 Å². The van der Waals surface area contributed by atoms with E-state index in [4.69, 9.17) is 9.84 Å². The number of anilines is 1. The number of thioether (sulfide) groups is 1. The molecule has 1 saturated carbocycles. The molecule has 1 aliphatic carbocycles. The third-order valence-corrected chi connectivity index (χ3v) is 7.29. The van der Waals surface area contributed by atoms with E-state index >= 15 is 0 Å². The third-order valence-electron chi connectivity index (χ3n) is 5.20. The molecule has 0 radical (unpaired) electrons. The van der Waals surface area contributed by atoms with E-state index in [1.807, 2.05) is 23.1 Å². The molecule has 0 spiro atoms. The number of aromatic nitrogens is 1. The van der Waals surface area contributed by atoms with Crippen LogP contribution >= 0.6 is 23.1 Å². The quantitative estimate of drug-likeness (QED) is 0.553. The first-order chi connectivity index (χ1) is 14.5. The van der Waals surface area contributed by atoms with Gasteiger partial charge in [0.25, 0.3) is 0 Å². The molecule has 0 bridgehead atoms. The number of carboxylic acids is 1. The average molecular weight is 450 g/mol. The van der Waals surface area contributed by atoms with Crippen molar-refractivity contribution >= 4 is 40.2 Å². The van der Waals surface area contributed by atoms with Gasteiger partial charge in [0.05, 0.1) is 22.3 Å².